The van der Waals surface area contributed by atoms with E-state index in [4.69, 9.17) is 22.1 Å². The third kappa shape index (κ3) is 6.26. The number of nitrogens with zero attached hydrogens (tertiary/aromatic N) is 4. The van der Waals surface area contributed by atoms with Gasteiger partial charge in [0, 0.05) is 41.3 Å². The molecule has 1 atom stereocenters. The molecule has 3 aromatic rings. The minimum atomic E-state index is -4.78. The highest BCUT2D eigenvalue weighted by Crippen LogP contribution is 2.44. The Morgan fingerprint density at radius 3 is 2.38 bits per heavy atom. The van der Waals surface area contributed by atoms with Crippen LogP contribution in [0.2, 0.25) is 5.02 Å². The molecule has 0 saturated carbocycles. The van der Waals surface area contributed by atoms with Crippen LogP contribution in [-0.2, 0) is 22.2 Å². The number of benzene rings is 2. The highest BCUT2D eigenvalue weighted by molar-refractivity contribution is 7.80. The molecule has 0 radical (unpaired) electrons. The summed E-state index contributed by atoms with van der Waals surface area (Å²) in [6.45, 7) is 6.94. The third-order valence-corrected chi connectivity index (χ3v) is 7.15. The zero-order chi connectivity index (χ0) is 29.6. The second-order valence-corrected chi connectivity index (χ2v) is 11.6. The van der Waals surface area contributed by atoms with Crippen molar-refractivity contribution < 1.29 is 31.5 Å². The predicted molar refractivity (Wildman–Crippen MR) is 144 cm³/mol. The quantitative estimate of drug-likeness (QED) is 0.331. The lowest BCUT2D eigenvalue weighted by Gasteiger charge is -2.54. The van der Waals surface area contributed by atoms with E-state index in [2.05, 4.69) is 20.5 Å². The van der Waals surface area contributed by atoms with Crippen molar-refractivity contribution in [3.63, 3.8) is 0 Å². The summed E-state index contributed by atoms with van der Waals surface area (Å²) in [5.74, 6) is -0.0677. The van der Waals surface area contributed by atoms with Crippen LogP contribution in [0.5, 0.6) is 0 Å². The fourth-order valence-corrected chi connectivity index (χ4v) is 5.45. The maximum atomic E-state index is 14.1. The second kappa shape index (κ2) is 10.4. The number of rotatable bonds is 6. The number of halogens is 4. The lowest BCUT2D eigenvalue weighted by molar-refractivity contribution is -0.137. The average molecular weight is 601 g/mol. The van der Waals surface area contributed by atoms with Crippen LogP contribution in [0, 0.1) is 0 Å². The van der Waals surface area contributed by atoms with Gasteiger partial charge in [0.15, 0.2) is 0 Å². The first-order valence-electron chi connectivity index (χ1n) is 11.8. The lowest BCUT2D eigenvalue weighted by Crippen LogP contribution is -2.70. The van der Waals surface area contributed by atoms with Gasteiger partial charge in [-0.15, -0.1) is 5.10 Å². The van der Waals surface area contributed by atoms with Gasteiger partial charge in [0.2, 0.25) is 11.9 Å². The Labute approximate surface area is 235 Å². The molecule has 4 N–H and O–H groups in total. The van der Waals surface area contributed by atoms with E-state index in [0.29, 0.717) is 0 Å². The molecule has 1 unspecified atom stereocenters. The van der Waals surface area contributed by atoms with Crippen LogP contribution in [0.25, 0.3) is 11.1 Å². The second-order valence-electron chi connectivity index (χ2n) is 10.4. The number of carbonyl (C=O) groups excluding carboxylic acids is 1. The molecule has 1 fully saturated rings. The summed E-state index contributed by atoms with van der Waals surface area (Å²) in [7, 11) is 0. The number of hydrogen-bond donors (Lipinski definition) is 3. The minimum Gasteiger partial charge on any atom is -0.755 e. The standard InChI is InChI=1S/C24H27ClF3N7O4S/c1-22(2,3)39-21(36)34-11-23(4,12-34)35(40(37)38)15-7-5-13(6-8-15)18-16(24(26,27)28)9-14(10-17(18)25)30-20-31-19(29)32-33-20/h5-10H,11-12H2,1-4H3,(H,37,38)(H4,29,30,31,32,33)/p-1. The van der Waals surface area contributed by atoms with Gasteiger partial charge in [-0.3, -0.25) is 8.51 Å². The molecule has 1 saturated heterocycles. The fourth-order valence-electron chi connectivity index (χ4n) is 4.36. The lowest BCUT2D eigenvalue weighted by atomic mass is 9.91. The molecule has 1 aliphatic rings. The SMILES string of the molecule is CC(C)(C)OC(=O)N1CC(C)(N(c2ccc(-c3c(Cl)cc(Nc4n[nH]c(N)n4)cc3C(F)(F)F)cc2)S(=O)[O-])C1. The Hall–Kier alpha value is -3.56. The number of ether oxygens (including phenoxy) is 1. The molecule has 2 heterocycles. The van der Waals surface area contributed by atoms with Crippen molar-refractivity contribution >= 4 is 52.2 Å². The number of anilines is 4. The molecule has 1 aromatic heterocycles. The molecule has 16 heteroatoms. The van der Waals surface area contributed by atoms with Crippen molar-refractivity contribution in [2.24, 2.45) is 0 Å². The number of aromatic amines is 1. The molecule has 2 aromatic carbocycles. The van der Waals surface area contributed by atoms with Gasteiger partial charge in [0.05, 0.1) is 16.1 Å². The molecular formula is C24H26ClF3N7O4S-. The number of nitrogens with two attached hydrogens (primary N) is 1. The van der Waals surface area contributed by atoms with Crippen LogP contribution < -0.4 is 15.4 Å². The van der Waals surface area contributed by atoms with Crippen molar-refractivity contribution in [3.8, 4) is 11.1 Å². The van der Waals surface area contributed by atoms with Gasteiger partial charge in [-0.1, -0.05) is 23.7 Å². The van der Waals surface area contributed by atoms with E-state index in [1.165, 1.54) is 35.2 Å². The van der Waals surface area contributed by atoms with Crippen molar-refractivity contribution in [3.05, 3.63) is 47.0 Å². The topological polar surface area (TPSA) is 153 Å². The zero-order valence-corrected chi connectivity index (χ0v) is 23.4. The molecule has 0 spiro atoms. The number of likely N-dealkylation sites (tertiary alicyclic amines) is 1. The van der Waals surface area contributed by atoms with Crippen LogP contribution in [-0.4, -0.2) is 59.2 Å². The van der Waals surface area contributed by atoms with Gasteiger partial charge < -0.3 is 25.2 Å². The zero-order valence-electron chi connectivity index (χ0n) is 21.8. The number of nitrogen functional groups attached to an aromatic ring is 1. The number of hydrogen-bond acceptors (Lipinski definition) is 8. The van der Waals surface area contributed by atoms with Gasteiger partial charge in [-0.05, 0) is 57.5 Å². The molecule has 11 nitrogen and oxygen atoms in total. The summed E-state index contributed by atoms with van der Waals surface area (Å²) in [6, 6.07) is 7.61. The van der Waals surface area contributed by atoms with Gasteiger partial charge >= 0.3 is 12.3 Å². The van der Waals surface area contributed by atoms with Crippen molar-refractivity contribution in [2.45, 2.75) is 45.0 Å². The molecule has 1 amide bonds. The number of aromatic nitrogens is 3. The van der Waals surface area contributed by atoms with Crippen molar-refractivity contribution in [1.29, 1.82) is 0 Å². The normalized spacial score (nSPS) is 15.8. The van der Waals surface area contributed by atoms with E-state index >= 15 is 0 Å². The molecule has 4 rings (SSSR count). The average Bonchev–Trinajstić information content (AvgIpc) is 3.20. The summed E-state index contributed by atoms with van der Waals surface area (Å²) in [4.78, 5) is 17.5. The monoisotopic (exact) mass is 600 g/mol. The fraction of sp³-hybridized carbons (Fsp3) is 0.375. The minimum absolute atomic E-state index is 0.0166. The van der Waals surface area contributed by atoms with Gasteiger partial charge in [-0.2, -0.15) is 18.2 Å². The van der Waals surface area contributed by atoms with Crippen molar-refractivity contribution in [1.82, 2.24) is 20.1 Å². The Balaban J connectivity index is 1.62. The van der Waals surface area contributed by atoms with Crippen LogP contribution in [0.1, 0.15) is 33.3 Å². The first kappa shape index (κ1) is 29.4. The third-order valence-electron chi connectivity index (χ3n) is 5.90. The maximum absolute atomic E-state index is 14.1. The summed E-state index contributed by atoms with van der Waals surface area (Å²) in [5, 5.41) is 8.51. The Morgan fingerprint density at radius 1 is 1.25 bits per heavy atom. The van der Waals surface area contributed by atoms with Gasteiger partial charge in [-0.25, -0.2) is 9.89 Å². The van der Waals surface area contributed by atoms with Crippen LogP contribution >= 0.6 is 11.6 Å². The number of alkyl halides is 3. The Morgan fingerprint density at radius 2 is 1.88 bits per heavy atom. The summed E-state index contributed by atoms with van der Waals surface area (Å²) >= 11 is 3.58. The number of nitrogens with one attached hydrogen (secondary N) is 2. The van der Waals surface area contributed by atoms with Gasteiger partial charge in [0.1, 0.15) is 5.60 Å². The van der Waals surface area contributed by atoms with E-state index in [0.717, 1.165) is 10.4 Å². The molecule has 1 aliphatic heterocycles. The van der Waals surface area contributed by atoms with E-state index in [1.54, 1.807) is 27.7 Å². The molecule has 216 valence electrons. The Bertz CT molecular complexity index is 1440. The predicted octanol–water partition coefficient (Wildman–Crippen LogP) is 5.08. The molecule has 40 heavy (non-hydrogen) atoms. The van der Waals surface area contributed by atoms with Crippen LogP contribution in [0.15, 0.2) is 36.4 Å². The van der Waals surface area contributed by atoms with Crippen molar-refractivity contribution in [2.75, 3.05) is 28.4 Å². The van der Waals surface area contributed by atoms with E-state index in [9.17, 15) is 26.7 Å². The summed E-state index contributed by atoms with van der Waals surface area (Å²) < 4.78 is 73.1. The first-order valence-corrected chi connectivity index (χ1v) is 13.2. The number of H-pyrrole nitrogens is 1. The van der Waals surface area contributed by atoms with E-state index in [-0.39, 0.29) is 52.5 Å². The van der Waals surface area contributed by atoms with E-state index in [1.807, 2.05) is 0 Å². The van der Waals surface area contributed by atoms with Gasteiger partial charge in [0.25, 0.3) is 0 Å². The molecule has 0 bridgehead atoms. The van der Waals surface area contributed by atoms with Crippen LogP contribution in [0.4, 0.5) is 41.2 Å². The van der Waals surface area contributed by atoms with E-state index < -0.39 is 40.2 Å². The number of carbonyl (C=O) groups is 1. The summed E-state index contributed by atoms with van der Waals surface area (Å²) in [5.41, 5.74) is 2.73. The largest absolute Gasteiger partial charge is 0.755 e. The Kier molecular flexibility index (Phi) is 7.68. The highest BCUT2D eigenvalue weighted by atomic mass is 35.5. The number of amides is 1. The molecule has 0 aliphatic carbocycles. The smallest absolute Gasteiger partial charge is 0.417 e. The highest BCUT2D eigenvalue weighted by Gasteiger charge is 2.48. The first-order chi connectivity index (χ1) is 18.5. The van der Waals surface area contributed by atoms with Crippen LogP contribution in [0.3, 0.4) is 0 Å². The summed E-state index contributed by atoms with van der Waals surface area (Å²) in [6.07, 6.45) is -5.35. The maximum Gasteiger partial charge on any atom is 0.417 e. The molecular weight excluding hydrogens is 575 g/mol.